The summed E-state index contributed by atoms with van der Waals surface area (Å²) in [7, 11) is 0. The molecule has 1 unspecified atom stereocenters. The number of hydrogen-bond acceptors (Lipinski definition) is 3. The maximum Gasteiger partial charge on any atom is 0.235 e. The number of amides is 1. The Kier molecular flexibility index (Phi) is 4.80. The van der Waals surface area contributed by atoms with Gasteiger partial charge in [-0.2, -0.15) is 0 Å². The first kappa shape index (κ1) is 11.7. The Labute approximate surface area is 89.6 Å². The Morgan fingerprint density at radius 3 is 2.60 bits per heavy atom. The molecule has 0 bridgehead atoms. The number of carbonyl (C=O) groups is 1. The van der Waals surface area contributed by atoms with Gasteiger partial charge in [0.2, 0.25) is 5.91 Å². The van der Waals surface area contributed by atoms with Crippen molar-refractivity contribution in [2.75, 3.05) is 13.1 Å². The van der Waals surface area contributed by atoms with E-state index in [1.807, 2.05) is 18.2 Å². The van der Waals surface area contributed by atoms with E-state index < -0.39 is 11.9 Å². The first-order valence-electron chi connectivity index (χ1n) is 4.99. The van der Waals surface area contributed by atoms with Crippen LogP contribution in [0.2, 0.25) is 0 Å². The molecule has 4 nitrogen and oxygen atoms in total. The van der Waals surface area contributed by atoms with Crippen molar-refractivity contribution < 1.29 is 4.79 Å². The molecule has 0 saturated heterocycles. The Morgan fingerprint density at radius 2 is 2.00 bits per heavy atom. The van der Waals surface area contributed by atoms with E-state index in [9.17, 15) is 4.79 Å². The van der Waals surface area contributed by atoms with E-state index in [2.05, 4.69) is 17.4 Å². The number of nitrogens with one attached hydrogen (secondary N) is 1. The summed E-state index contributed by atoms with van der Waals surface area (Å²) in [4.78, 5) is 10.6. The van der Waals surface area contributed by atoms with Crippen molar-refractivity contribution in [1.82, 2.24) is 5.32 Å². The van der Waals surface area contributed by atoms with Gasteiger partial charge in [0.25, 0.3) is 0 Å². The van der Waals surface area contributed by atoms with Gasteiger partial charge in [-0.05, 0) is 18.5 Å². The van der Waals surface area contributed by atoms with Crippen molar-refractivity contribution in [3.8, 4) is 0 Å². The lowest BCUT2D eigenvalue weighted by molar-refractivity contribution is -0.119. The largest absolute Gasteiger partial charge is 0.368 e. The molecule has 0 spiro atoms. The number of hydrogen-bond donors (Lipinski definition) is 3. The normalized spacial score (nSPS) is 12.3. The van der Waals surface area contributed by atoms with Crippen molar-refractivity contribution in [2.45, 2.75) is 12.5 Å². The third-order valence-electron chi connectivity index (χ3n) is 2.16. The lowest BCUT2D eigenvalue weighted by atomic mass is 10.1. The quantitative estimate of drug-likeness (QED) is 0.557. The van der Waals surface area contributed by atoms with E-state index in [0.717, 1.165) is 13.0 Å². The molecule has 0 saturated carbocycles. The summed E-state index contributed by atoms with van der Waals surface area (Å²) in [6, 6.07) is 9.53. The van der Waals surface area contributed by atoms with Crippen LogP contribution in [0.3, 0.4) is 0 Å². The topological polar surface area (TPSA) is 81.1 Å². The van der Waals surface area contributed by atoms with E-state index in [1.54, 1.807) is 0 Å². The summed E-state index contributed by atoms with van der Waals surface area (Å²) in [5.41, 5.74) is 11.7. The zero-order valence-electron chi connectivity index (χ0n) is 8.65. The molecule has 0 aliphatic rings. The molecule has 5 N–H and O–H groups in total. The van der Waals surface area contributed by atoms with Gasteiger partial charge in [-0.1, -0.05) is 30.3 Å². The molecule has 0 aliphatic carbocycles. The minimum absolute atomic E-state index is 0.433. The second-order valence-corrected chi connectivity index (χ2v) is 3.45. The highest BCUT2D eigenvalue weighted by atomic mass is 16.1. The third kappa shape index (κ3) is 4.58. The molecule has 1 aromatic rings. The minimum Gasteiger partial charge on any atom is -0.368 e. The average Bonchev–Trinajstić information content (AvgIpc) is 2.25. The fourth-order valence-corrected chi connectivity index (χ4v) is 1.24. The summed E-state index contributed by atoms with van der Waals surface area (Å²) < 4.78 is 0. The summed E-state index contributed by atoms with van der Waals surface area (Å²) in [5.74, 6) is -0.470. The molecule has 0 aromatic heterocycles. The molecule has 0 aliphatic heterocycles. The zero-order chi connectivity index (χ0) is 11.1. The third-order valence-corrected chi connectivity index (χ3v) is 2.16. The van der Waals surface area contributed by atoms with Crippen LogP contribution in [-0.4, -0.2) is 25.0 Å². The van der Waals surface area contributed by atoms with Crippen molar-refractivity contribution in [3.63, 3.8) is 0 Å². The van der Waals surface area contributed by atoms with Crippen LogP contribution in [0.25, 0.3) is 0 Å². The molecule has 15 heavy (non-hydrogen) atoms. The van der Waals surface area contributed by atoms with Gasteiger partial charge in [0.1, 0.15) is 0 Å². The highest BCUT2D eigenvalue weighted by Crippen LogP contribution is 1.97. The molecule has 0 fully saturated rings. The van der Waals surface area contributed by atoms with Gasteiger partial charge in [-0.15, -0.1) is 0 Å². The number of nitrogens with two attached hydrogens (primary N) is 2. The molecule has 1 amide bonds. The van der Waals surface area contributed by atoms with E-state index >= 15 is 0 Å². The Morgan fingerprint density at radius 1 is 1.33 bits per heavy atom. The van der Waals surface area contributed by atoms with E-state index in [4.69, 9.17) is 11.5 Å². The summed E-state index contributed by atoms with van der Waals surface area (Å²) in [6.07, 6.45) is 0.923. The minimum atomic E-state index is -0.597. The first-order valence-corrected chi connectivity index (χ1v) is 4.99. The average molecular weight is 207 g/mol. The first-order chi connectivity index (χ1) is 7.20. The van der Waals surface area contributed by atoms with Crippen molar-refractivity contribution in [1.29, 1.82) is 0 Å². The number of carbonyl (C=O) groups excluding carboxylic acids is 1. The highest BCUT2D eigenvalue weighted by Gasteiger charge is 2.06. The van der Waals surface area contributed by atoms with Gasteiger partial charge in [0.05, 0.1) is 6.04 Å². The monoisotopic (exact) mass is 207 g/mol. The number of primary amides is 1. The van der Waals surface area contributed by atoms with E-state index in [1.165, 1.54) is 5.56 Å². The van der Waals surface area contributed by atoms with Crippen LogP contribution in [0.5, 0.6) is 0 Å². The van der Waals surface area contributed by atoms with Crippen LogP contribution >= 0.6 is 0 Å². The maximum atomic E-state index is 10.6. The molecule has 0 radical (unpaired) electrons. The van der Waals surface area contributed by atoms with Gasteiger partial charge < -0.3 is 16.8 Å². The van der Waals surface area contributed by atoms with Crippen LogP contribution in [0.1, 0.15) is 5.56 Å². The molecule has 1 aromatic carbocycles. The predicted molar refractivity (Wildman–Crippen MR) is 60.2 cm³/mol. The zero-order valence-corrected chi connectivity index (χ0v) is 8.65. The Balaban J connectivity index is 2.15. The van der Waals surface area contributed by atoms with Crippen LogP contribution in [0, 0.1) is 0 Å². The lowest BCUT2D eigenvalue weighted by Crippen LogP contribution is -2.44. The van der Waals surface area contributed by atoms with Gasteiger partial charge in [-0.25, -0.2) is 0 Å². The fraction of sp³-hybridized carbons (Fsp3) is 0.364. The molecule has 1 rings (SSSR count). The fourth-order valence-electron chi connectivity index (χ4n) is 1.24. The Hall–Kier alpha value is -1.39. The highest BCUT2D eigenvalue weighted by molar-refractivity contribution is 5.79. The molecular formula is C11H17N3O. The van der Waals surface area contributed by atoms with Crippen LogP contribution in [-0.2, 0) is 11.2 Å². The summed E-state index contributed by atoms with van der Waals surface area (Å²) in [6.45, 7) is 1.23. The van der Waals surface area contributed by atoms with Crippen molar-refractivity contribution in [3.05, 3.63) is 35.9 Å². The molecule has 1 atom stereocenters. The maximum absolute atomic E-state index is 10.6. The van der Waals surface area contributed by atoms with Gasteiger partial charge in [-0.3, -0.25) is 4.79 Å². The summed E-state index contributed by atoms with van der Waals surface area (Å²) >= 11 is 0. The van der Waals surface area contributed by atoms with E-state index in [-0.39, 0.29) is 0 Å². The van der Waals surface area contributed by atoms with Gasteiger partial charge in [0, 0.05) is 6.54 Å². The van der Waals surface area contributed by atoms with Gasteiger partial charge >= 0.3 is 0 Å². The molecule has 4 heteroatoms. The predicted octanol–water partition coefficient (Wildman–Crippen LogP) is -0.369. The van der Waals surface area contributed by atoms with Crippen molar-refractivity contribution in [2.24, 2.45) is 11.5 Å². The van der Waals surface area contributed by atoms with Crippen LogP contribution in [0.4, 0.5) is 0 Å². The van der Waals surface area contributed by atoms with Crippen molar-refractivity contribution >= 4 is 5.91 Å². The molecular weight excluding hydrogens is 190 g/mol. The SMILES string of the molecule is NC(=O)C(N)CNCCc1ccccc1. The number of rotatable bonds is 6. The van der Waals surface area contributed by atoms with Crippen LogP contribution < -0.4 is 16.8 Å². The second-order valence-electron chi connectivity index (χ2n) is 3.45. The van der Waals surface area contributed by atoms with Crippen LogP contribution in [0.15, 0.2) is 30.3 Å². The second kappa shape index (κ2) is 6.16. The van der Waals surface area contributed by atoms with E-state index in [0.29, 0.717) is 6.54 Å². The molecule has 82 valence electrons. The standard InChI is InChI=1S/C11H17N3O/c12-10(11(13)15)8-14-7-6-9-4-2-1-3-5-9/h1-5,10,14H,6-8,12H2,(H2,13,15). The smallest absolute Gasteiger partial charge is 0.235 e. The summed E-state index contributed by atoms with van der Waals surface area (Å²) in [5, 5.41) is 3.09. The number of benzene rings is 1. The molecule has 0 heterocycles. The lowest BCUT2D eigenvalue weighted by Gasteiger charge is -2.08. The van der Waals surface area contributed by atoms with Gasteiger partial charge in [0.15, 0.2) is 0 Å². The Bertz CT molecular complexity index is 300.